The zero-order valence-electron chi connectivity index (χ0n) is 45.7. The molecule has 2 aliphatic rings. The number of fused-ring (bicyclic) bond motifs is 2. The van der Waals surface area contributed by atoms with E-state index in [4.69, 9.17) is 38.1 Å². The molecule has 0 spiro atoms. The fourth-order valence-electron chi connectivity index (χ4n) is 8.47. The SMILES string of the molecule is BrCCOc1ccc2ncsc2c1.CC(=O)OOC=[N-].O=C(NC(c1ccc(Cl)cc1)c1ccccn1)C1CCN(CCOc2ccc3ncsc3c2)CC1.O=C(NC(c1ccc(Cl)cc1)c1ccccn1)C1CCNCC1.[H-].[K+].[K+]. The zero-order chi connectivity index (χ0) is 54.9. The van der Waals surface area contributed by atoms with Crippen molar-refractivity contribution in [2.45, 2.75) is 44.7 Å². The zero-order valence-corrected chi connectivity index (χ0v) is 55.7. The molecule has 6 heterocycles. The summed E-state index contributed by atoms with van der Waals surface area (Å²) in [5.41, 5.74) is 9.33. The second-order valence-corrected chi connectivity index (χ2v) is 21.2. The molecule has 80 heavy (non-hydrogen) atoms. The average Bonchev–Trinajstić information content (AvgIpc) is 4.17. The molecule has 16 nitrogen and oxygen atoms in total. The van der Waals surface area contributed by atoms with Crippen LogP contribution in [0.15, 0.2) is 145 Å². The number of ether oxygens (including phenoxy) is 2. The molecule has 410 valence electrons. The Morgan fingerprint density at radius 2 is 1.18 bits per heavy atom. The summed E-state index contributed by atoms with van der Waals surface area (Å²) in [7, 11) is 0. The molecule has 8 aromatic rings. The number of benzene rings is 4. The van der Waals surface area contributed by atoms with E-state index in [1.807, 2.05) is 132 Å². The van der Waals surface area contributed by atoms with Gasteiger partial charge in [-0.2, -0.15) is 0 Å². The second kappa shape index (κ2) is 37.1. The Morgan fingerprint density at radius 3 is 1.60 bits per heavy atom. The molecule has 2 fully saturated rings. The van der Waals surface area contributed by atoms with Gasteiger partial charge in [-0.1, -0.05) is 75.5 Å². The Bertz CT molecular complexity index is 3120. The Kier molecular flexibility index (Phi) is 31.3. The van der Waals surface area contributed by atoms with Crippen LogP contribution in [0.3, 0.4) is 0 Å². The van der Waals surface area contributed by atoms with Gasteiger partial charge in [-0.15, -0.1) is 22.7 Å². The Hall–Kier alpha value is -3.31. The minimum absolute atomic E-state index is 0. The van der Waals surface area contributed by atoms with Crippen LogP contribution in [0.4, 0.5) is 0 Å². The van der Waals surface area contributed by atoms with E-state index in [2.05, 4.69) is 66.5 Å². The van der Waals surface area contributed by atoms with Gasteiger partial charge in [-0.05, 0) is 148 Å². The number of hydrogen-bond donors (Lipinski definition) is 3. The Balaban J connectivity index is 0.000000263. The number of pyridine rings is 2. The topological polar surface area (TPSA) is 201 Å². The Morgan fingerprint density at radius 1 is 0.700 bits per heavy atom. The quantitative estimate of drug-likeness (QED) is 0.0256. The van der Waals surface area contributed by atoms with Crippen molar-refractivity contribution < 1.29 is 138 Å². The molecule has 0 saturated carbocycles. The van der Waals surface area contributed by atoms with Gasteiger partial charge < -0.3 is 37.1 Å². The first-order valence-corrected chi connectivity index (χ1v) is 28.8. The summed E-state index contributed by atoms with van der Waals surface area (Å²) < 4.78 is 13.7. The smallest absolute Gasteiger partial charge is 1.00 e. The van der Waals surface area contributed by atoms with Crippen molar-refractivity contribution in [2.24, 2.45) is 11.8 Å². The third-order valence-corrected chi connectivity index (χ3v) is 14.9. The first kappa shape index (κ1) is 67.5. The molecule has 10 rings (SSSR count). The molecule has 23 heteroatoms. The normalized spacial score (nSPS) is 14.0. The molecule has 0 radical (unpaired) electrons. The van der Waals surface area contributed by atoms with Crippen molar-refractivity contribution in [3.63, 3.8) is 0 Å². The van der Waals surface area contributed by atoms with Gasteiger partial charge in [0.2, 0.25) is 11.8 Å². The first-order chi connectivity index (χ1) is 38.1. The maximum Gasteiger partial charge on any atom is 1.00 e. The van der Waals surface area contributed by atoms with Gasteiger partial charge in [0.25, 0.3) is 0 Å². The van der Waals surface area contributed by atoms with Crippen molar-refractivity contribution in [3.05, 3.63) is 183 Å². The van der Waals surface area contributed by atoms with Gasteiger partial charge in [0.1, 0.15) is 18.1 Å². The second-order valence-electron chi connectivity index (χ2n) is 17.8. The van der Waals surface area contributed by atoms with Crippen LogP contribution >= 0.6 is 61.8 Å². The summed E-state index contributed by atoms with van der Waals surface area (Å²) >= 11 is 18.6. The summed E-state index contributed by atoms with van der Waals surface area (Å²) in [5.74, 6) is 1.40. The van der Waals surface area contributed by atoms with Crippen LogP contribution in [0.5, 0.6) is 11.5 Å². The molecular weight excluding hydrogens is 1220 g/mol. The molecular formula is C57H60BrCl2K2N9O7S2. The molecule has 4 aromatic carbocycles. The molecule has 0 bridgehead atoms. The summed E-state index contributed by atoms with van der Waals surface area (Å²) in [5, 5.41) is 19.6. The van der Waals surface area contributed by atoms with Gasteiger partial charge in [0, 0.05) is 59.5 Å². The number of hydrogen-bond acceptors (Lipinski definition) is 15. The van der Waals surface area contributed by atoms with E-state index in [1.165, 1.54) is 4.70 Å². The van der Waals surface area contributed by atoms with E-state index in [-0.39, 0.29) is 146 Å². The monoisotopic (exact) mass is 1270 g/mol. The van der Waals surface area contributed by atoms with Crippen molar-refractivity contribution >= 4 is 106 Å². The number of nitrogens with zero attached hydrogens (tertiary/aromatic N) is 6. The standard InChI is InChI=1S/C27H27ClN4O2S.C18H20ClN3O.C9H8BrNOS.C3H4NO3.2K.H/c28-21-6-4-19(5-7-21)26(24-3-1-2-12-29-24)31-27(33)20-10-13-32(14-11-20)15-16-34-22-8-9-23-25(17-22)35-18-30-23;19-15-6-4-13(5-7-15)17(16-3-1-2-10-21-16)22-18(23)14-8-11-20-12-9-14;10-3-4-12-7-1-2-8-9(5-7)13-6-11-8;1-3(5)7-6-2-4;;;/h1-9,12,17-18,20,26H,10-11,13-16H2,(H,31,33);1-7,10,14,17,20H,8-9,11-12H2,(H,22,23);1-2,5-6H,3-4H2;2H,1H3;;;/q;;;-1;2*+1;-1. The van der Waals surface area contributed by atoms with Gasteiger partial charge >= 0.3 is 109 Å². The summed E-state index contributed by atoms with van der Waals surface area (Å²) in [4.78, 5) is 62.7. The number of likely N-dealkylation sites (tertiary alicyclic amines) is 1. The van der Waals surface area contributed by atoms with E-state index in [9.17, 15) is 14.4 Å². The fraction of sp³-hybridized carbons (Fsp3) is 0.298. The number of rotatable bonds is 17. The van der Waals surface area contributed by atoms with Crippen molar-refractivity contribution in [3.8, 4) is 11.5 Å². The third kappa shape index (κ3) is 22.4. The molecule has 2 unspecified atom stereocenters. The van der Waals surface area contributed by atoms with Gasteiger partial charge in [-0.3, -0.25) is 29.3 Å². The van der Waals surface area contributed by atoms with Crippen LogP contribution in [0.25, 0.3) is 25.8 Å². The number of carbonyl (C=O) groups excluding carboxylic acids is 3. The van der Waals surface area contributed by atoms with Crippen LogP contribution in [0, 0.1) is 11.8 Å². The number of piperidine rings is 2. The van der Waals surface area contributed by atoms with E-state index in [0.29, 0.717) is 23.3 Å². The maximum atomic E-state index is 13.2. The van der Waals surface area contributed by atoms with Crippen molar-refractivity contribution in [1.29, 1.82) is 0 Å². The third-order valence-electron chi connectivity index (χ3n) is 12.5. The average molecular weight is 1280 g/mol. The van der Waals surface area contributed by atoms with Gasteiger partial charge in [0.15, 0.2) is 0 Å². The summed E-state index contributed by atoms with van der Waals surface area (Å²) in [6, 6.07) is 38.0. The van der Waals surface area contributed by atoms with Crippen molar-refractivity contribution in [1.82, 2.24) is 40.8 Å². The number of amides is 2. The number of alkyl halides is 1. The maximum absolute atomic E-state index is 13.2. The minimum Gasteiger partial charge on any atom is -1.00 e. The van der Waals surface area contributed by atoms with Crippen LogP contribution in [0.2, 0.25) is 10.0 Å². The predicted molar refractivity (Wildman–Crippen MR) is 314 cm³/mol. The number of halogens is 3. The molecule has 4 aromatic heterocycles. The molecule has 2 saturated heterocycles. The molecule has 2 atom stereocenters. The van der Waals surface area contributed by atoms with Crippen LogP contribution in [-0.2, 0) is 24.2 Å². The molecule has 3 N–H and O–H groups in total. The van der Waals surface area contributed by atoms with Crippen LogP contribution < -0.4 is 128 Å². The summed E-state index contributed by atoms with van der Waals surface area (Å²) in [6.45, 7) is 6.87. The van der Waals surface area contributed by atoms with E-state index >= 15 is 0 Å². The minimum atomic E-state index is -0.606. The number of aromatic nitrogens is 4. The predicted octanol–water partition coefficient (Wildman–Crippen LogP) is 5.55. The number of carbonyl (C=O) groups is 3. The Labute approximate surface area is 579 Å². The van der Waals surface area contributed by atoms with Gasteiger partial charge in [0.05, 0.1) is 61.5 Å². The molecule has 2 aliphatic heterocycles. The van der Waals surface area contributed by atoms with Gasteiger partial charge in [-0.25, -0.2) is 14.8 Å². The molecule has 0 aliphatic carbocycles. The fourth-order valence-corrected chi connectivity index (χ4v) is 10.3. The largest absolute Gasteiger partial charge is 1.00 e. The van der Waals surface area contributed by atoms with Crippen LogP contribution in [-0.4, -0.2) is 100 Å². The number of thiazole rings is 2. The van der Waals surface area contributed by atoms with E-state index < -0.39 is 5.97 Å². The number of nitrogens with one attached hydrogen (secondary N) is 3. The summed E-state index contributed by atoms with van der Waals surface area (Å²) in [6.07, 6.45) is 7.18. The van der Waals surface area contributed by atoms with E-state index in [1.54, 1.807) is 35.1 Å². The van der Waals surface area contributed by atoms with Crippen molar-refractivity contribution in [2.75, 3.05) is 51.3 Å². The van der Waals surface area contributed by atoms with Crippen LogP contribution in [0.1, 0.15) is 68.6 Å². The van der Waals surface area contributed by atoms with E-state index in [0.717, 1.165) is 120 Å². The first-order valence-electron chi connectivity index (χ1n) is 25.2. The molecule has 2 amide bonds.